The molecule has 0 amide bonds. The first kappa shape index (κ1) is 33.6. The summed E-state index contributed by atoms with van der Waals surface area (Å²) in [5, 5.41) is 11.9. The Morgan fingerprint density at radius 1 is 0.288 bits per heavy atom. The molecule has 0 spiro atoms. The van der Waals surface area contributed by atoms with Gasteiger partial charge in [0.2, 0.25) is 0 Å². The van der Waals surface area contributed by atoms with Crippen molar-refractivity contribution in [1.82, 2.24) is 15.0 Å². The number of benzene rings is 10. The van der Waals surface area contributed by atoms with E-state index in [-0.39, 0.29) is 5.41 Å². The third-order valence-corrected chi connectivity index (χ3v) is 12.7. The van der Waals surface area contributed by atoms with E-state index in [2.05, 4.69) is 202 Å². The van der Waals surface area contributed by atoms with Gasteiger partial charge >= 0.3 is 0 Å². The molecule has 1 aliphatic rings. The largest absolute Gasteiger partial charge is 0.208 e. The van der Waals surface area contributed by atoms with E-state index in [1.165, 1.54) is 70.7 Å². The van der Waals surface area contributed by atoms with Gasteiger partial charge in [-0.15, -0.1) is 0 Å². The van der Waals surface area contributed by atoms with Gasteiger partial charge in [-0.3, -0.25) is 0 Å². The molecule has 1 aliphatic carbocycles. The minimum absolute atomic E-state index is 0.132. The Morgan fingerprint density at radius 2 is 0.729 bits per heavy atom. The summed E-state index contributed by atoms with van der Waals surface area (Å²) < 4.78 is 0. The minimum atomic E-state index is -0.132. The number of nitrogens with zero attached hydrogens (tertiary/aromatic N) is 3. The monoisotopic (exact) mass is 751 g/mol. The van der Waals surface area contributed by atoms with Gasteiger partial charge in [0.05, 0.1) is 0 Å². The maximum absolute atomic E-state index is 5.40. The van der Waals surface area contributed by atoms with Crippen LogP contribution in [-0.2, 0) is 5.41 Å². The Hall–Kier alpha value is -7.49. The van der Waals surface area contributed by atoms with Crippen molar-refractivity contribution in [3.8, 4) is 56.4 Å². The van der Waals surface area contributed by atoms with Crippen molar-refractivity contribution in [2.45, 2.75) is 19.3 Å². The molecule has 10 aromatic carbocycles. The standard InChI is InChI=1S/C56H37N3/c1-56(2)51-18-10-9-17-45(51)46-28-27-40(33-52(46)56)49-29-38-13-3-4-14-39(38)30-50(49)55-58-53(41-25-23-36-21-19-34-11-5-7-15-43(34)47(36)31-41)57-54(59-55)42-26-24-37-22-20-35-12-6-8-16-44(35)48(37)32-42/h3-33H,1-2H3. The van der Waals surface area contributed by atoms with Gasteiger partial charge < -0.3 is 0 Å². The number of hydrogen-bond acceptors (Lipinski definition) is 3. The molecule has 0 atom stereocenters. The molecule has 0 bridgehead atoms. The summed E-state index contributed by atoms with van der Waals surface area (Å²) in [7, 11) is 0. The molecule has 0 aliphatic heterocycles. The minimum Gasteiger partial charge on any atom is -0.208 e. The van der Waals surface area contributed by atoms with Crippen molar-refractivity contribution in [2.75, 3.05) is 0 Å². The molecule has 3 nitrogen and oxygen atoms in total. The number of aromatic nitrogens is 3. The summed E-state index contributed by atoms with van der Waals surface area (Å²) in [5.74, 6) is 1.93. The van der Waals surface area contributed by atoms with Gasteiger partial charge in [0, 0.05) is 22.1 Å². The van der Waals surface area contributed by atoms with Gasteiger partial charge in [-0.2, -0.15) is 0 Å². The average Bonchev–Trinajstić information content (AvgIpc) is 3.53. The highest BCUT2D eigenvalue weighted by Crippen LogP contribution is 2.50. The SMILES string of the molecule is CC1(C)c2ccccc2-c2ccc(-c3cc4ccccc4cc3-c3nc(-c4ccc5ccc6ccccc6c5c4)nc(-c4ccc5ccc6ccccc6c5c4)n3)cc21. The fraction of sp³-hybridized carbons (Fsp3) is 0.0536. The predicted molar refractivity (Wildman–Crippen MR) is 247 cm³/mol. The predicted octanol–water partition coefficient (Wildman–Crippen LogP) is 14.6. The lowest BCUT2D eigenvalue weighted by Crippen LogP contribution is -2.14. The van der Waals surface area contributed by atoms with E-state index < -0.39 is 0 Å². The lowest BCUT2D eigenvalue weighted by atomic mass is 9.81. The van der Waals surface area contributed by atoms with E-state index >= 15 is 0 Å². The van der Waals surface area contributed by atoms with Crippen LogP contribution in [-0.4, -0.2) is 15.0 Å². The zero-order valence-electron chi connectivity index (χ0n) is 32.7. The molecule has 1 aromatic heterocycles. The number of hydrogen-bond donors (Lipinski definition) is 0. The zero-order valence-corrected chi connectivity index (χ0v) is 32.7. The van der Waals surface area contributed by atoms with E-state index in [4.69, 9.17) is 15.0 Å². The molecule has 0 unspecified atom stereocenters. The Morgan fingerprint density at radius 3 is 1.34 bits per heavy atom. The highest BCUT2D eigenvalue weighted by atomic mass is 15.0. The highest BCUT2D eigenvalue weighted by Gasteiger charge is 2.35. The first-order valence-electron chi connectivity index (χ1n) is 20.3. The van der Waals surface area contributed by atoms with Crippen LogP contribution < -0.4 is 0 Å². The molecule has 12 rings (SSSR count). The Labute approximate surface area is 342 Å². The molecule has 0 saturated carbocycles. The van der Waals surface area contributed by atoms with Crippen LogP contribution in [0.4, 0.5) is 0 Å². The normalized spacial score (nSPS) is 13.1. The molecule has 0 saturated heterocycles. The molecule has 3 heteroatoms. The van der Waals surface area contributed by atoms with Crippen LogP contribution in [0, 0.1) is 0 Å². The average molecular weight is 752 g/mol. The molecular weight excluding hydrogens is 715 g/mol. The Balaban J connectivity index is 1.12. The number of fused-ring (bicyclic) bond motifs is 10. The van der Waals surface area contributed by atoms with Crippen molar-refractivity contribution in [1.29, 1.82) is 0 Å². The van der Waals surface area contributed by atoms with Crippen LogP contribution in [0.2, 0.25) is 0 Å². The third kappa shape index (κ3) is 5.32. The Kier molecular flexibility index (Phi) is 7.27. The van der Waals surface area contributed by atoms with Gasteiger partial charge in [-0.1, -0.05) is 172 Å². The van der Waals surface area contributed by atoms with E-state index in [0.29, 0.717) is 17.5 Å². The molecule has 0 fully saturated rings. The third-order valence-electron chi connectivity index (χ3n) is 12.7. The molecule has 0 N–H and O–H groups in total. The summed E-state index contributed by atoms with van der Waals surface area (Å²) in [4.78, 5) is 16.1. The van der Waals surface area contributed by atoms with Crippen LogP contribution >= 0.6 is 0 Å². The van der Waals surface area contributed by atoms with Gasteiger partial charge in [0.15, 0.2) is 17.5 Å². The van der Waals surface area contributed by atoms with Crippen LogP contribution in [0.1, 0.15) is 25.0 Å². The van der Waals surface area contributed by atoms with Gasteiger partial charge in [-0.25, -0.2) is 15.0 Å². The summed E-state index contributed by atoms with van der Waals surface area (Å²) in [6.45, 7) is 4.68. The molecule has 1 heterocycles. The maximum atomic E-state index is 5.40. The van der Waals surface area contributed by atoms with Gasteiger partial charge in [-0.05, 0) is 118 Å². The van der Waals surface area contributed by atoms with E-state index in [1.54, 1.807) is 0 Å². The maximum Gasteiger partial charge on any atom is 0.164 e. The topological polar surface area (TPSA) is 38.7 Å². The molecular formula is C56H37N3. The summed E-state index contributed by atoms with van der Waals surface area (Å²) in [6, 6.07) is 68.1. The second-order valence-electron chi connectivity index (χ2n) is 16.4. The fourth-order valence-corrected chi connectivity index (χ4v) is 9.57. The lowest BCUT2D eigenvalue weighted by Gasteiger charge is -2.22. The van der Waals surface area contributed by atoms with E-state index in [1.807, 2.05) is 0 Å². The van der Waals surface area contributed by atoms with Gasteiger partial charge in [0.25, 0.3) is 0 Å². The first-order valence-corrected chi connectivity index (χ1v) is 20.3. The zero-order chi connectivity index (χ0) is 39.2. The second kappa shape index (κ2) is 12.8. The quantitative estimate of drug-likeness (QED) is 0.168. The fourth-order valence-electron chi connectivity index (χ4n) is 9.57. The first-order chi connectivity index (χ1) is 29.0. The summed E-state index contributed by atoms with van der Waals surface area (Å²) >= 11 is 0. The molecule has 0 radical (unpaired) electrons. The number of rotatable bonds is 4. The van der Waals surface area contributed by atoms with Gasteiger partial charge in [0.1, 0.15) is 0 Å². The van der Waals surface area contributed by atoms with Crippen LogP contribution in [0.5, 0.6) is 0 Å². The van der Waals surface area contributed by atoms with Crippen molar-refractivity contribution in [2.24, 2.45) is 0 Å². The van der Waals surface area contributed by atoms with Crippen molar-refractivity contribution in [3.05, 3.63) is 199 Å². The lowest BCUT2D eigenvalue weighted by molar-refractivity contribution is 0.660. The van der Waals surface area contributed by atoms with E-state index in [9.17, 15) is 0 Å². The molecule has 276 valence electrons. The van der Waals surface area contributed by atoms with E-state index in [0.717, 1.165) is 33.2 Å². The van der Waals surface area contributed by atoms with Crippen LogP contribution in [0.15, 0.2) is 188 Å². The van der Waals surface area contributed by atoms with Crippen molar-refractivity contribution in [3.63, 3.8) is 0 Å². The second-order valence-corrected chi connectivity index (χ2v) is 16.4. The smallest absolute Gasteiger partial charge is 0.164 e. The summed E-state index contributed by atoms with van der Waals surface area (Å²) in [5.41, 5.74) is 10.3. The molecule has 11 aromatic rings. The van der Waals surface area contributed by atoms with Crippen LogP contribution in [0.3, 0.4) is 0 Å². The summed E-state index contributed by atoms with van der Waals surface area (Å²) in [6.07, 6.45) is 0. The highest BCUT2D eigenvalue weighted by molar-refractivity contribution is 6.10. The Bertz CT molecular complexity index is 3410. The van der Waals surface area contributed by atoms with Crippen molar-refractivity contribution >= 4 is 53.9 Å². The van der Waals surface area contributed by atoms with Crippen molar-refractivity contribution < 1.29 is 0 Å². The van der Waals surface area contributed by atoms with Crippen LogP contribution in [0.25, 0.3) is 110 Å². The molecule has 59 heavy (non-hydrogen) atoms.